The van der Waals surface area contributed by atoms with E-state index in [-0.39, 0.29) is 17.6 Å². The van der Waals surface area contributed by atoms with Crippen molar-refractivity contribution < 1.29 is 14.4 Å². The smallest absolute Gasteiger partial charge is 0.273 e. The van der Waals surface area contributed by atoms with E-state index in [1.165, 1.54) is 5.56 Å². The van der Waals surface area contributed by atoms with Crippen molar-refractivity contribution in [3.63, 3.8) is 0 Å². The molecule has 2 aromatic heterocycles. The van der Waals surface area contributed by atoms with Crippen molar-refractivity contribution in [2.45, 2.75) is 32.0 Å². The monoisotopic (exact) mass is 366 g/mol. The number of para-hydroxylation sites is 1. The van der Waals surface area contributed by atoms with Crippen LogP contribution in [0.4, 0.5) is 0 Å². The molecular weight excluding hydrogens is 344 g/mol. The molecule has 1 saturated heterocycles. The zero-order chi connectivity index (χ0) is 18.8. The fourth-order valence-electron chi connectivity index (χ4n) is 3.56. The van der Waals surface area contributed by atoms with Crippen LogP contribution in [0.1, 0.15) is 28.2 Å². The van der Waals surface area contributed by atoms with E-state index in [4.69, 9.17) is 4.52 Å². The summed E-state index contributed by atoms with van der Waals surface area (Å²) in [4.78, 5) is 18.8. The van der Waals surface area contributed by atoms with Gasteiger partial charge in [-0.2, -0.15) is 0 Å². The molecule has 4 rings (SSSR count). The lowest BCUT2D eigenvalue weighted by atomic mass is 10.00. The first-order chi connectivity index (χ1) is 13.1. The van der Waals surface area contributed by atoms with Crippen molar-refractivity contribution in [3.8, 4) is 0 Å². The summed E-state index contributed by atoms with van der Waals surface area (Å²) in [5.74, 6) is 0.268. The summed E-state index contributed by atoms with van der Waals surface area (Å²) in [6.07, 6.45) is 1.86. The number of aromatic nitrogens is 2. The fraction of sp³-hybridized carbons (Fsp3) is 0.350. The molecule has 2 atom stereocenters. The van der Waals surface area contributed by atoms with Crippen molar-refractivity contribution in [2.24, 2.45) is 0 Å². The van der Waals surface area contributed by atoms with Crippen LogP contribution >= 0.6 is 0 Å². The predicted molar refractivity (Wildman–Crippen MR) is 100 cm³/mol. The maximum atomic E-state index is 12.2. The summed E-state index contributed by atoms with van der Waals surface area (Å²) in [5.41, 5.74) is 2.40. The van der Waals surface area contributed by atoms with Gasteiger partial charge in [0.2, 0.25) is 0 Å². The van der Waals surface area contributed by atoms with Gasteiger partial charge in [0.1, 0.15) is 5.76 Å². The van der Waals surface area contributed by atoms with Gasteiger partial charge in [-0.15, -0.1) is 0 Å². The number of rotatable bonds is 4. The average molecular weight is 366 g/mol. The van der Waals surface area contributed by atoms with Gasteiger partial charge in [0.25, 0.3) is 5.91 Å². The number of carbonyl (C=O) groups is 1. The Hall–Kier alpha value is -2.77. The second-order valence-electron chi connectivity index (χ2n) is 6.98. The van der Waals surface area contributed by atoms with Crippen molar-refractivity contribution in [1.82, 2.24) is 20.4 Å². The fourth-order valence-corrected chi connectivity index (χ4v) is 3.56. The summed E-state index contributed by atoms with van der Waals surface area (Å²) < 4.78 is 4.93. The molecule has 1 fully saturated rings. The van der Waals surface area contributed by atoms with Gasteiger partial charge in [-0.3, -0.25) is 14.7 Å². The first-order valence-corrected chi connectivity index (χ1v) is 9.07. The Kier molecular flexibility index (Phi) is 4.87. The number of nitrogens with one attached hydrogen (secondary N) is 1. The molecule has 2 N–H and O–H groups in total. The molecule has 1 amide bonds. The molecule has 0 unspecified atom stereocenters. The number of likely N-dealkylation sites (tertiary alicyclic amines) is 1. The standard InChI is InChI=1S/C20H22N4O3/c1-13-10-18(23-27-13)20(26)22-17-7-9-24(12-19(17)25)11-14-6-8-21-16-5-3-2-4-15(14)16/h2-6,8,10,17,19,25H,7,9,11-12H2,1H3,(H,22,26)/t17-,19-/m1/s1. The topological polar surface area (TPSA) is 91.5 Å². The first kappa shape index (κ1) is 17.6. The second kappa shape index (κ2) is 7.46. The number of benzene rings is 1. The van der Waals surface area contributed by atoms with E-state index in [1.54, 1.807) is 13.0 Å². The largest absolute Gasteiger partial charge is 0.390 e. The summed E-state index contributed by atoms with van der Waals surface area (Å²) in [6.45, 7) is 3.76. The molecule has 27 heavy (non-hydrogen) atoms. The minimum Gasteiger partial charge on any atom is -0.390 e. The van der Waals surface area contributed by atoms with Gasteiger partial charge in [0.15, 0.2) is 5.69 Å². The Morgan fingerprint density at radius 1 is 1.37 bits per heavy atom. The van der Waals surface area contributed by atoms with Crippen LogP contribution < -0.4 is 5.32 Å². The van der Waals surface area contributed by atoms with Crippen molar-refractivity contribution in [2.75, 3.05) is 13.1 Å². The lowest BCUT2D eigenvalue weighted by Crippen LogP contribution is -2.53. The molecular formula is C20H22N4O3. The Labute approximate surface area is 157 Å². The molecule has 7 nitrogen and oxygen atoms in total. The van der Waals surface area contributed by atoms with E-state index in [9.17, 15) is 9.90 Å². The lowest BCUT2D eigenvalue weighted by Gasteiger charge is -2.36. The number of nitrogens with zero attached hydrogens (tertiary/aromatic N) is 3. The van der Waals surface area contributed by atoms with Crippen molar-refractivity contribution in [3.05, 3.63) is 59.6 Å². The molecule has 140 valence electrons. The number of hydrogen-bond donors (Lipinski definition) is 2. The summed E-state index contributed by atoms with van der Waals surface area (Å²) in [6, 6.07) is 11.4. The molecule has 3 aromatic rings. The molecule has 7 heteroatoms. The van der Waals surface area contributed by atoms with E-state index < -0.39 is 6.10 Å². The maximum Gasteiger partial charge on any atom is 0.273 e. The molecule has 0 radical (unpaired) electrons. The minimum atomic E-state index is -0.635. The van der Waals surface area contributed by atoms with Crippen LogP contribution in [0, 0.1) is 6.92 Å². The van der Waals surface area contributed by atoms with Gasteiger partial charge in [-0.05, 0) is 31.0 Å². The maximum absolute atomic E-state index is 12.2. The Balaban J connectivity index is 1.39. The van der Waals surface area contributed by atoms with Crippen LogP contribution in [-0.4, -0.2) is 51.3 Å². The number of β-amino-alcohol motifs (C(OH)–C–C–N with tert-alkyl or cyclic N) is 1. The number of fused-ring (bicyclic) bond motifs is 1. The van der Waals surface area contributed by atoms with E-state index in [1.807, 2.05) is 30.5 Å². The number of pyridine rings is 1. The Morgan fingerprint density at radius 3 is 3.00 bits per heavy atom. The number of carbonyl (C=O) groups excluding carboxylic acids is 1. The zero-order valence-corrected chi connectivity index (χ0v) is 15.1. The number of hydrogen-bond acceptors (Lipinski definition) is 6. The van der Waals surface area contributed by atoms with Crippen molar-refractivity contribution in [1.29, 1.82) is 0 Å². The summed E-state index contributed by atoms with van der Waals surface area (Å²) in [5, 5.41) is 18.2. The number of aliphatic hydroxyl groups excluding tert-OH is 1. The molecule has 3 heterocycles. The molecule has 1 aliphatic rings. The predicted octanol–water partition coefficient (Wildman–Crippen LogP) is 1.90. The van der Waals surface area contributed by atoms with Crippen LogP contribution in [0.15, 0.2) is 47.1 Å². The van der Waals surface area contributed by atoms with Crippen LogP contribution in [0.25, 0.3) is 10.9 Å². The summed E-state index contributed by atoms with van der Waals surface area (Å²) in [7, 11) is 0. The van der Waals surface area contributed by atoms with Crippen molar-refractivity contribution >= 4 is 16.8 Å². The van der Waals surface area contributed by atoms with E-state index in [2.05, 4.69) is 26.4 Å². The lowest BCUT2D eigenvalue weighted by molar-refractivity contribution is 0.0349. The van der Waals surface area contributed by atoms with Crippen LogP contribution in [-0.2, 0) is 6.54 Å². The first-order valence-electron chi connectivity index (χ1n) is 9.07. The number of amides is 1. The van der Waals surface area contributed by atoms with Gasteiger partial charge in [-0.25, -0.2) is 0 Å². The highest BCUT2D eigenvalue weighted by Gasteiger charge is 2.29. The average Bonchev–Trinajstić information content (AvgIpc) is 3.11. The van der Waals surface area contributed by atoms with Crippen LogP contribution in [0.5, 0.6) is 0 Å². The van der Waals surface area contributed by atoms with Gasteiger partial charge in [-0.1, -0.05) is 23.4 Å². The quantitative estimate of drug-likeness (QED) is 0.733. The third-order valence-corrected chi connectivity index (χ3v) is 4.98. The highest BCUT2D eigenvalue weighted by Crippen LogP contribution is 2.20. The van der Waals surface area contributed by atoms with Gasteiger partial charge in [0, 0.05) is 37.3 Å². The highest BCUT2D eigenvalue weighted by atomic mass is 16.5. The van der Waals surface area contributed by atoms with E-state index in [0.717, 1.165) is 24.0 Å². The molecule has 0 spiro atoms. The Morgan fingerprint density at radius 2 is 2.22 bits per heavy atom. The van der Waals surface area contributed by atoms with E-state index in [0.29, 0.717) is 18.7 Å². The second-order valence-corrected chi connectivity index (χ2v) is 6.98. The van der Waals surface area contributed by atoms with E-state index >= 15 is 0 Å². The summed E-state index contributed by atoms with van der Waals surface area (Å²) >= 11 is 0. The molecule has 1 aliphatic heterocycles. The number of aryl methyl sites for hydroxylation is 1. The molecule has 0 saturated carbocycles. The highest BCUT2D eigenvalue weighted by molar-refractivity contribution is 5.92. The van der Waals surface area contributed by atoms with Gasteiger partial charge in [0.05, 0.1) is 17.7 Å². The van der Waals surface area contributed by atoms with Gasteiger partial charge >= 0.3 is 0 Å². The molecule has 0 bridgehead atoms. The normalized spacial score (nSPS) is 20.7. The number of piperidine rings is 1. The van der Waals surface area contributed by atoms with Crippen LogP contribution in [0.3, 0.4) is 0 Å². The minimum absolute atomic E-state index is 0.241. The SMILES string of the molecule is Cc1cc(C(=O)N[C@@H]2CCN(Cc3ccnc4ccccc34)C[C@H]2O)no1. The Bertz CT molecular complexity index is 950. The third-order valence-electron chi connectivity index (χ3n) is 4.98. The number of aliphatic hydroxyl groups is 1. The molecule has 1 aromatic carbocycles. The molecule has 0 aliphatic carbocycles. The van der Waals surface area contributed by atoms with Gasteiger partial charge < -0.3 is 14.9 Å². The van der Waals surface area contributed by atoms with Crippen LogP contribution in [0.2, 0.25) is 0 Å². The zero-order valence-electron chi connectivity index (χ0n) is 15.1. The third kappa shape index (κ3) is 3.84.